The van der Waals surface area contributed by atoms with Crippen LogP contribution in [0.5, 0.6) is 11.5 Å². The van der Waals surface area contributed by atoms with Crippen LogP contribution in [0.2, 0.25) is 20.1 Å². The van der Waals surface area contributed by atoms with E-state index in [1.54, 1.807) is 0 Å². The quantitative estimate of drug-likeness (QED) is 0.00909. The highest BCUT2D eigenvalue weighted by Gasteiger charge is 2.49. The Morgan fingerprint density at radius 2 is 0.656 bits per heavy atom. The molecule has 42 heteroatoms. The van der Waals surface area contributed by atoms with Gasteiger partial charge in [0.05, 0.1) is 22.9 Å². The van der Waals surface area contributed by atoms with Crippen LogP contribution in [0.25, 0.3) is 0 Å². The van der Waals surface area contributed by atoms with Gasteiger partial charge >= 0.3 is 65.7 Å². The lowest BCUT2D eigenvalue weighted by molar-refractivity contribution is -0.199. The van der Waals surface area contributed by atoms with Crippen LogP contribution < -0.4 is 20.1 Å². The van der Waals surface area contributed by atoms with E-state index in [1.807, 2.05) is 13.8 Å². The molecular formula is C86H124Cl4N2O34S2. The third kappa shape index (κ3) is 53.6. The number of hydrogen-bond donors (Lipinski definition) is 4. The number of nitrogens with one attached hydrogen (secondary N) is 2. The van der Waals surface area contributed by atoms with Crippen LogP contribution in [-0.4, -0.2) is 222 Å². The summed E-state index contributed by atoms with van der Waals surface area (Å²) in [5, 5.41) is 24.4. The fraction of sp³-hybridized carbons (Fsp3) is 0.663. The number of hydrogen-bond acceptors (Lipinski definition) is 34. The van der Waals surface area contributed by atoms with Gasteiger partial charge in [0.15, 0.2) is 38.7 Å². The molecule has 0 aliphatic rings. The number of benzene rings is 2. The smallest absolute Gasteiger partial charge is 0.353 e. The standard InChI is InChI=1S/C48H69Cl2NO21S.C38H55Cl2NO13S/c1-5-33(45(59)34-22-23-36(44(50)43(34)49)67-32-66-28-52)26-73-27-35(46(60)61)51-37(53)18-14-10-6-7-11-15-19-38(54)71-39(55)20-16-12-8-9-13-17-21-40(56)72-48(47(62)70-31-65-4,24-41(57)68-29-63-2)25-42(58)69-30-64-3;1-3-27(37(47)28-20-21-30(36(40)35(28)39)52-26-51-24-42)22-55-23-29(38(48)49)41-31(43)16-12-8-4-5-10-14-18-33(45)54-34(46)19-15-11-7-6-9-13-17-32(44)53-25-50-2/h22-23,28,33,35H,5-21,24-27,29-32H2,1-4H3,(H,51,53)(H,60,61);20-21,24,27,29H,3-19,22-23,25-26H2,1-2H3,(H,41,43)(H,48,49)/t33?,35-;27?,29-/m00/s1. The maximum absolute atomic E-state index is 13.3. The van der Waals surface area contributed by atoms with Gasteiger partial charge in [-0.05, 0) is 88.5 Å². The average molecular weight is 1940 g/mol. The van der Waals surface area contributed by atoms with Gasteiger partial charge in [0.1, 0.15) is 33.6 Å². The number of carbonyl (C=O) groups is 17. The summed E-state index contributed by atoms with van der Waals surface area (Å²) in [5.41, 5.74) is -2.07. The number of ether oxygens (including phenoxy) is 15. The van der Waals surface area contributed by atoms with Crippen molar-refractivity contribution in [2.24, 2.45) is 11.8 Å². The van der Waals surface area contributed by atoms with E-state index in [0.29, 0.717) is 108 Å². The zero-order chi connectivity index (χ0) is 95.3. The summed E-state index contributed by atoms with van der Waals surface area (Å²) < 4.78 is 73.0. The van der Waals surface area contributed by atoms with Crippen molar-refractivity contribution >= 4 is 172 Å². The number of halogens is 4. The van der Waals surface area contributed by atoms with E-state index in [1.165, 1.54) is 76.2 Å². The first kappa shape index (κ1) is 118. The minimum Gasteiger partial charge on any atom is -0.480 e. The molecule has 0 saturated carbocycles. The second kappa shape index (κ2) is 73.2. The highest BCUT2D eigenvalue weighted by molar-refractivity contribution is 7.99. The Bertz CT molecular complexity index is 3720. The molecule has 2 rings (SSSR count). The summed E-state index contributed by atoms with van der Waals surface area (Å²) in [6, 6.07) is 3.50. The molecule has 0 aliphatic heterocycles. The molecule has 2 aromatic carbocycles. The summed E-state index contributed by atoms with van der Waals surface area (Å²) in [6.45, 7) is 1.77. The number of Topliss-reactive ketones (excluding diaryl/α,β-unsaturated/α-hetero) is 2. The van der Waals surface area contributed by atoms with Gasteiger partial charge in [-0.2, -0.15) is 23.5 Å². The van der Waals surface area contributed by atoms with Gasteiger partial charge in [0, 0.05) is 126 Å². The van der Waals surface area contributed by atoms with Crippen molar-refractivity contribution in [3.05, 3.63) is 55.5 Å². The molecule has 0 aromatic heterocycles. The molecule has 0 aliphatic carbocycles. The van der Waals surface area contributed by atoms with Gasteiger partial charge in [-0.25, -0.2) is 14.4 Å². The number of unbranched alkanes of at least 4 members (excludes halogenated alkanes) is 20. The number of aliphatic carboxylic acids is 2. The lowest BCUT2D eigenvalue weighted by atomic mass is 9.94. The Morgan fingerprint density at radius 3 is 0.961 bits per heavy atom. The van der Waals surface area contributed by atoms with Crippen LogP contribution in [0.1, 0.15) is 266 Å². The molecule has 0 bridgehead atoms. The number of carboxylic acids is 2. The van der Waals surface area contributed by atoms with Crippen molar-refractivity contribution in [1.82, 2.24) is 10.6 Å². The lowest BCUT2D eigenvalue weighted by Crippen LogP contribution is -2.49. The number of carbonyl (C=O) groups excluding carboxylic acids is 15. The SMILES string of the molecule is CCC(CSC[C@H](NC(=O)CCCCCCCCC(=O)OC(=O)CCCCCCCCC(=O)OC(CC(=O)OCOC)(CC(=O)OCOC)C(=O)OCOC)C(=O)O)C(=O)c1ccc(OCOC=O)c(Cl)c1Cl.CCC(CSC[C@H](NC(=O)CCCCCCCCC(=O)OC(=O)CCCCCCCCC(=O)OCOC)C(=O)O)C(=O)c1ccc(OCOC=O)c(Cl)c1Cl. The van der Waals surface area contributed by atoms with Gasteiger partial charge < -0.3 is 91.9 Å². The number of methoxy groups -OCH3 is 4. The summed E-state index contributed by atoms with van der Waals surface area (Å²) in [5.74, 6) is -10.5. The molecule has 4 N–H and O–H groups in total. The number of esters is 9. The van der Waals surface area contributed by atoms with Crippen molar-refractivity contribution < 1.29 is 163 Å². The number of thioether (sulfide) groups is 2. The molecule has 36 nitrogen and oxygen atoms in total. The Morgan fingerprint density at radius 1 is 0.367 bits per heavy atom. The van der Waals surface area contributed by atoms with E-state index >= 15 is 0 Å². The van der Waals surface area contributed by atoms with Crippen molar-refractivity contribution in [2.45, 2.75) is 263 Å². The van der Waals surface area contributed by atoms with E-state index in [0.717, 1.165) is 70.6 Å². The third-order valence-electron chi connectivity index (χ3n) is 18.9. The zero-order valence-electron chi connectivity index (χ0n) is 73.6. The Hall–Kier alpha value is -8.47. The van der Waals surface area contributed by atoms with Crippen molar-refractivity contribution in [3.8, 4) is 11.5 Å². The minimum atomic E-state index is -2.42. The van der Waals surface area contributed by atoms with Crippen molar-refractivity contribution in [3.63, 3.8) is 0 Å². The number of ketones is 2. The fourth-order valence-electron chi connectivity index (χ4n) is 12.0. The van der Waals surface area contributed by atoms with Gasteiger partial charge in [0.2, 0.25) is 31.0 Å². The summed E-state index contributed by atoms with van der Waals surface area (Å²) in [6.07, 6.45) is 17.0. The third-order valence-corrected chi connectivity index (χ3v) is 23.1. The molecule has 2 aromatic rings. The first-order chi connectivity index (χ1) is 61.4. The summed E-state index contributed by atoms with van der Waals surface area (Å²) in [7, 11) is 5.22. The first-order valence-electron chi connectivity index (χ1n) is 42.3. The van der Waals surface area contributed by atoms with Gasteiger partial charge in [-0.1, -0.05) is 163 Å². The topological polar surface area (TPSA) is 493 Å². The molecule has 2 unspecified atom stereocenters. The number of rotatable bonds is 76. The van der Waals surface area contributed by atoms with E-state index < -0.39 is 135 Å². The van der Waals surface area contributed by atoms with Crippen LogP contribution in [0.15, 0.2) is 24.3 Å². The maximum atomic E-state index is 13.3. The van der Waals surface area contributed by atoms with E-state index in [4.69, 9.17) is 103 Å². The van der Waals surface area contributed by atoms with Crippen LogP contribution in [0.4, 0.5) is 0 Å². The van der Waals surface area contributed by atoms with E-state index in [-0.39, 0.29) is 155 Å². The molecular weight excluding hydrogens is 1810 g/mol. The lowest BCUT2D eigenvalue weighted by Gasteiger charge is -2.29. The average Bonchev–Trinajstić information content (AvgIpc) is 0.821. The molecule has 0 heterocycles. The molecule has 0 spiro atoms. The number of amides is 2. The van der Waals surface area contributed by atoms with Crippen LogP contribution >= 0.6 is 69.9 Å². The fourth-order valence-corrected chi connectivity index (χ4v) is 15.5. The molecule has 128 heavy (non-hydrogen) atoms. The Balaban J connectivity index is 0.00000133. The Labute approximate surface area is 774 Å². The normalized spacial score (nSPS) is 11.9. The maximum Gasteiger partial charge on any atom is 0.353 e. The van der Waals surface area contributed by atoms with Gasteiger partial charge in [-0.15, -0.1) is 0 Å². The highest BCUT2D eigenvalue weighted by Crippen LogP contribution is 2.39. The molecule has 0 radical (unpaired) electrons. The molecule has 2 amide bonds. The summed E-state index contributed by atoms with van der Waals surface area (Å²) in [4.78, 5) is 207. The first-order valence-corrected chi connectivity index (χ1v) is 46.1. The second-order valence-electron chi connectivity index (χ2n) is 29.1. The molecule has 0 saturated heterocycles. The van der Waals surface area contributed by atoms with Crippen LogP contribution in [-0.2, 0) is 133 Å². The Kier molecular flexibility index (Phi) is 67.2. The molecule has 0 fully saturated rings. The van der Waals surface area contributed by atoms with E-state index in [9.17, 15) is 91.7 Å². The largest absolute Gasteiger partial charge is 0.480 e. The van der Waals surface area contributed by atoms with Crippen LogP contribution in [0, 0.1) is 11.8 Å². The van der Waals surface area contributed by atoms with Gasteiger partial charge in [0.25, 0.3) is 12.9 Å². The summed E-state index contributed by atoms with van der Waals surface area (Å²) >= 11 is 27.6. The van der Waals surface area contributed by atoms with E-state index in [2.05, 4.69) is 24.8 Å². The highest BCUT2D eigenvalue weighted by atomic mass is 35.5. The minimum absolute atomic E-state index is 0.00528. The molecule has 722 valence electrons. The zero-order valence-corrected chi connectivity index (χ0v) is 78.2. The van der Waals surface area contributed by atoms with Crippen LogP contribution in [0.3, 0.4) is 0 Å². The van der Waals surface area contributed by atoms with Crippen molar-refractivity contribution in [1.29, 1.82) is 0 Å². The predicted octanol–water partition coefficient (Wildman–Crippen LogP) is 14.3. The van der Waals surface area contributed by atoms with Gasteiger partial charge in [-0.3, -0.25) is 67.1 Å². The molecule has 4 atom stereocenters. The van der Waals surface area contributed by atoms with Crippen molar-refractivity contribution in [2.75, 3.05) is 92.2 Å². The monoisotopic (exact) mass is 1930 g/mol. The second-order valence-corrected chi connectivity index (χ2v) is 32.7. The predicted molar refractivity (Wildman–Crippen MR) is 468 cm³/mol. The number of carboxylic acid groups (broad SMARTS) is 2.